The lowest BCUT2D eigenvalue weighted by Gasteiger charge is -2.28. The van der Waals surface area contributed by atoms with Crippen LogP contribution in [-0.4, -0.2) is 30.3 Å². The van der Waals surface area contributed by atoms with Crippen molar-refractivity contribution in [1.82, 2.24) is 10.6 Å². The van der Waals surface area contributed by atoms with E-state index < -0.39 is 5.60 Å². The van der Waals surface area contributed by atoms with Gasteiger partial charge in [0.15, 0.2) is 0 Å². The number of ether oxygens (including phenoxy) is 1. The molecule has 0 rings (SSSR count). The third-order valence-corrected chi connectivity index (χ3v) is 2.05. The van der Waals surface area contributed by atoms with E-state index in [1.807, 2.05) is 40.7 Å². The van der Waals surface area contributed by atoms with E-state index in [2.05, 4.69) is 17.2 Å². The minimum Gasteiger partial charge on any atom is -0.444 e. The molecule has 0 saturated heterocycles. The maximum Gasteiger partial charge on any atom is 0.408 e. The second-order valence-corrected chi connectivity index (χ2v) is 5.75. The van der Waals surface area contributed by atoms with Gasteiger partial charge in [-0.05, 0) is 47.6 Å². The summed E-state index contributed by atoms with van der Waals surface area (Å²) in [4.78, 5) is 11.6. The van der Waals surface area contributed by atoms with Crippen LogP contribution in [0.5, 0.6) is 0 Å². The van der Waals surface area contributed by atoms with Crippen molar-refractivity contribution < 1.29 is 9.53 Å². The molecular weight excluding hydrogens is 216 g/mol. The van der Waals surface area contributed by atoms with E-state index in [1.165, 1.54) is 0 Å². The van der Waals surface area contributed by atoms with E-state index in [-0.39, 0.29) is 11.6 Å². The molecule has 1 amide bonds. The summed E-state index contributed by atoms with van der Waals surface area (Å²) in [5.41, 5.74) is -0.738. The zero-order valence-corrected chi connectivity index (χ0v) is 11.7. The summed E-state index contributed by atoms with van der Waals surface area (Å²) >= 11 is 0. The molecule has 0 unspecified atom stereocenters. The summed E-state index contributed by atoms with van der Waals surface area (Å²) in [6.45, 7) is 14.8. The van der Waals surface area contributed by atoms with Crippen LogP contribution in [0.4, 0.5) is 4.79 Å². The molecule has 0 fully saturated rings. The summed E-state index contributed by atoms with van der Waals surface area (Å²) < 4.78 is 5.21. The molecule has 2 N–H and O–H groups in total. The molecule has 0 radical (unpaired) electrons. The van der Waals surface area contributed by atoms with Crippen LogP contribution in [0.15, 0.2) is 12.7 Å². The van der Waals surface area contributed by atoms with Gasteiger partial charge in [0.1, 0.15) is 5.60 Å². The van der Waals surface area contributed by atoms with Gasteiger partial charge in [-0.1, -0.05) is 6.08 Å². The Morgan fingerprint density at radius 1 is 1.29 bits per heavy atom. The highest BCUT2D eigenvalue weighted by Gasteiger charge is 2.23. The van der Waals surface area contributed by atoms with E-state index in [0.717, 1.165) is 19.5 Å². The molecule has 0 aromatic rings. The van der Waals surface area contributed by atoms with Crippen molar-refractivity contribution in [3.05, 3.63) is 12.7 Å². The maximum absolute atomic E-state index is 11.6. The Labute approximate surface area is 105 Å². The van der Waals surface area contributed by atoms with Gasteiger partial charge in [-0.3, -0.25) is 0 Å². The van der Waals surface area contributed by atoms with Crippen molar-refractivity contribution in [3.8, 4) is 0 Å². The Morgan fingerprint density at radius 2 is 1.88 bits per heavy atom. The van der Waals surface area contributed by atoms with Gasteiger partial charge in [-0.2, -0.15) is 0 Å². The highest BCUT2D eigenvalue weighted by atomic mass is 16.6. The van der Waals surface area contributed by atoms with Crippen molar-refractivity contribution in [2.24, 2.45) is 0 Å². The van der Waals surface area contributed by atoms with Crippen molar-refractivity contribution >= 4 is 6.09 Å². The molecule has 0 aliphatic rings. The van der Waals surface area contributed by atoms with Crippen LogP contribution in [0.25, 0.3) is 0 Å². The third kappa shape index (κ3) is 9.87. The predicted octanol–water partition coefficient (Wildman–Crippen LogP) is 2.46. The topological polar surface area (TPSA) is 50.4 Å². The average molecular weight is 242 g/mol. The van der Waals surface area contributed by atoms with Crippen LogP contribution >= 0.6 is 0 Å². The number of carbonyl (C=O) groups is 1. The first-order valence-corrected chi connectivity index (χ1v) is 5.99. The average Bonchev–Trinajstić information content (AvgIpc) is 2.08. The van der Waals surface area contributed by atoms with Gasteiger partial charge in [0, 0.05) is 12.1 Å². The van der Waals surface area contributed by atoms with E-state index in [1.54, 1.807) is 0 Å². The molecule has 0 heterocycles. The Kier molecular flexibility index (Phi) is 6.24. The number of alkyl carbamates (subject to hydrolysis) is 1. The summed E-state index contributed by atoms with van der Waals surface area (Å²) in [6, 6.07) is 0. The first-order valence-electron chi connectivity index (χ1n) is 5.99. The molecule has 0 spiro atoms. The molecule has 0 aliphatic carbocycles. The second-order valence-electron chi connectivity index (χ2n) is 5.75. The van der Waals surface area contributed by atoms with Crippen LogP contribution < -0.4 is 10.6 Å². The van der Waals surface area contributed by atoms with E-state index in [0.29, 0.717) is 0 Å². The molecule has 0 aromatic heterocycles. The van der Waals surface area contributed by atoms with Gasteiger partial charge in [0.05, 0.1) is 0 Å². The van der Waals surface area contributed by atoms with Crippen LogP contribution in [0.1, 0.15) is 41.0 Å². The van der Waals surface area contributed by atoms with Crippen LogP contribution in [0.2, 0.25) is 0 Å². The zero-order chi connectivity index (χ0) is 13.5. The van der Waals surface area contributed by atoms with Crippen molar-refractivity contribution in [1.29, 1.82) is 0 Å². The van der Waals surface area contributed by atoms with Crippen molar-refractivity contribution in [2.45, 2.75) is 52.2 Å². The fourth-order valence-electron chi connectivity index (χ4n) is 1.25. The van der Waals surface area contributed by atoms with Crippen LogP contribution in [0, 0.1) is 0 Å². The highest BCUT2D eigenvalue weighted by molar-refractivity contribution is 5.68. The fraction of sp³-hybridized carbons (Fsp3) is 0.769. The lowest BCUT2D eigenvalue weighted by atomic mass is 10.0. The molecule has 100 valence electrons. The zero-order valence-electron chi connectivity index (χ0n) is 11.7. The van der Waals surface area contributed by atoms with E-state index >= 15 is 0 Å². The predicted molar refractivity (Wildman–Crippen MR) is 71.1 cm³/mol. The van der Waals surface area contributed by atoms with Gasteiger partial charge in [0.25, 0.3) is 0 Å². The minimum absolute atomic E-state index is 0.281. The lowest BCUT2D eigenvalue weighted by Crippen LogP contribution is -2.47. The number of hydrogen-bond donors (Lipinski definition) is 2. The van der Waals surface area contributed by atoms with Crippen LogP contribution in [0.3, 0.4) is 0 Å². The van der Waals surface area contributed by atoms with E-state index in [9.17, 15) is 4.79 Å². The Hall–Kier alpha value is -1.03. The third-order valence-electron chi connectivity index (χ3n) is 2.05. The molecule has 4 heteroatoms. The van der Waals surface area contributed by atoms with Gasteiger partial charge >= 0.3 is 6.09 Å². The molecule has 0 aromatic carbocycles. The second kappa shape index (κ2) is 6.64. The van der Waals surface area contributed by atoms with Gasteiger partial charge in [-0.15, -0.1) is 6.58 Å². The molecule has 17 heavy (non-hydrogen) atoms. The molecule has 0 atom stereocenters. The first-order chi connectivity index (χ1) is 7.66. The summed E-state index contributed by atoms with van der Waals surface area (Å²) in [7, 11) is 0. The molecule has 0 saturated carbocycles. The highest BCUT2D eigenvalue weighted by Crippen LogP contribution is 2.11. The smallest absolute Gasteiger partial charge is 0.408 e. The number of rotatable bonds is 6. The fourth-order valence-corrected chi connectivity index (χ4v) is 1.25. The molecule has 0 aliphatic heterocycles. The standard InChI is InChI=1S/C13H26N2O2/c1-7-9-14-10-8-13(5,6)15-11(16)17-12(2,3)4/h7,14H,1,8-10H2,2-6H3,(H,15,16). The molecular formula is C13H26N2O2. The quantitative estimate of drug-likeness (QED) is 0.555. The summed E-state index contributed by atoms with van der Waals surface area (Å²) in [5.74, 6) is 0. The SMILES string of the molecule is C=CCNCCC(C)(C)NC(=O)OC(C)(C)C. The van der Waals surface area contributed by atoms with Gasteiger partial charge in [-0.25, -0.2) is 4.79 Å². The maximum atomic E-state index is 11.6. The van der Waals surface area contributed by atoms with Gasteiger partial charge < -0.3 is 15.4 Å². The molecule has 4 nitrogen and oxygen atoms in total. The lowest BCUT2D eigenvalue weighted by molar-refractivity contribution is 0.0468. The normalized spacial score (nSPS) is 12.1. The number of amides is 1. The van der Waals surface area contributed by atoms with E-state index in [4.69, 9.17) is 4.74 Å². The van der Waals surface area contributed by atoms with Crippen molar-refractivity contribution in [2.75, 3.05) is 13.1 Å². The Morgan fingerprint density at radius 3 is 2.35 bits per heavy atom. The Balaban J connectivity index is 3.98. The molecule has 0 bridgehead atoms. The van der Waals surface area contributed by atoms with Crippen LogP contribution in [-0.2, 0) is 4.74 Å². The number of carbonyl (C=O) groups excluding carboxylic acids is 1. The number of hydrogen-bond acceptors (Lipinski definition) is 3. The monoisotopic (exact) mass is 242 g/mol. The largest absolute Gasteiger partial charge is 0.444 e. The minimum atomic E-state index is -0.457. The van der Waals surface area contributed by atoms with Crippen molar-refractivity contribution in [3.63, 3.8) is 0 Å². The summed E-state index contributed by atoms with van der Waals surface area (Å²) in [5, 5.41) is 6.07. The van der Waals surface area contributed by atoms with Gasteiger partial charge in [0.2, 0.25) is 0 Å². The first kappa shape index (κ1) is 16.0. The Bertz CT molecular complexity index is 255. The number of nitrogens with one attached hydrogen (secondary N) is 2. The summed E-state index contributed by atoms with van der Waals surface area (Å²) in [6.07, 6.45) is 2.28.